The highest BCUT2D eigenvalue weighted by Crippen LogP contribution is 2.24. The van der Waals surface area contributed by atoms with Crippen LogP contribution < -0.4 is 15.4 Å². The molecule has 0 saturated carbocycles. The molecule has 142 valence electrons. The molecule has 2 N–H and O–H groups in total. The lowest BCUT2D eigenvalue weighted by Crippen LogP contribution is -2.57. The van der Waals surface area contributed by atoms with Crippen LogP contribution in [0.1, 0.15) is 5.56 Å². The highest BCUT2D eigenvalue weighted by molar-refractivity contribution is 5.85. The fraction of sp³-hybridized carbons (Fsp3) is 0.562. The number of ether oxygens (including phenoxy) is 1. The zero-order valence-electron chi connectivity index (χ0n) is 13.9. The number of piperazine rings is 1. The fourth-order valence-electron chi connectivity index (χ4n) is 2.56. The van der Waals surface area contributed by atoms with Crippen LogP contribution >= 0.6 is 12.4 Å². The van der Waals surface area contributed by atoms with E-state index in [1.165, 1.54) is 4.90 Å². The molecule has 1 aromatic rings. The normalized spacial score (nSPS) is 16.6. The van der Waals surface area contributed by atoms with Crippen molar-refractivity contribution in [2.45, 2.75) is 19.1 Å². The van der Waals surface area contributed by atoms with Gasteiger partial charge >= 0.3 is 6.18 Å². The van der Waals surface area contributed by atoms with E-state index in [2.05, 4.69) is 10.6 Å². The van der Waals surface area contributed by atoms with Crippen molar-refractivity contribution < 1.29 is 22.7 Å². The third-order valence-corrected chi connectivity index (χ3v) is 3.82. The van der Waals surface area contributed by atoms with Gasteiger partial charge in [-0.3, -0.25) is 9.69 Å². The van der Waals surface area contributed by atoms with Crippen LogP contribution in [0.15, 0.2) is 24.3 Å². The summed E-state index contributed by atoms with van der Waals surface area (Å²) in [5.74, 6) is -0.0551. The second kappa shape index (κ2) is 9.84. The molecular formula is C16H23ClF3N3O2. The molecule has 1 aromatic carbocycles. The molecule has 0 aliphatic carbocycles. The first kappa shape index (κ1) is 21.5. The SMILES string of the molecule is Cc1cccc(OCC(=O)NCC(N2CCNCC2)C(F)(F)F)c1.Cl. The Morgan fingerprint density at radius 1 is 1.36 bits per heavy atom. The van der Waals surface area contributed by atoms with Gasteiger partial charge in [-0.05, 0) is 24.6 Å². The van der Waals surface area contributed by atoms with Gasteiger partial charge in [-0.15, -0.1) is 12.4 Å². The van der Waals surface area contributed by atoms with Crippen molar-refractivity contribution in [1.29, 1.82) is 0 Å². The standard InChI is InChI=1S/C16H22F3N3O2.ClH/c1-12-3-2-4-13(9-12)24-11-15(23)21-10-14(16(17,18)19)22-7-5-20-6-8-22;/h2-4,9,14,20H,5-8,10-11H2,1H3,(H,21,23);1H. The van der Waals surface area contributed by atoms with E-state index in [4.69, 9.17) is 4.74 Å². The van der Waals surface area contributed by atoms with Crippen molar-refractivity contribution in [2.24, 2.45) is 0 Å². The summed E-state index contributed by atoms with van der Waals surface area (Å²) in [5, 5.41) is 5.34. The maximum absolute atomic E-state index is 13.2. The van der Waals surface area contributed by atoms with E-state index in [-0.39, 0.29) is 19.0 Å². The van der Waals surface area contributed by atoms with Crippen LogP contribution in [-0.4, -0.2) is 62.4 Å². The Balaban J connectivity index is 0.00000312. The molecule has 0 spiro atoms. The Hall–Kier alpha value is -1.51. The number of carbonyl (C=O) groups is 1. The largest absolute Gasteiger partial charge is 0.484 e. The molecule has 1 unspecified atom stereocenters. The number of amides is 1. The molecule has 9 heteroatoms. The van der Waals surface area contributed by atoms with Gasteiger partial charge in [-0.1, -0.05) is 12.1 Å². The molecule has 25 heavy (non-hydrogen) atoms. The van der Waals surface area contributed by atoms with Gasteiger partial charge in [0.15, 0.2) is 6.61 Å². The number of hydrogen-bond donors (Lipinski definition) is 2. The molecule has 1 aliphatic rings. The molecule has 1 aliphatic heterocycles. The van der Waals surface area contributed by atoms with Gasteiger partial charge in [-0.2, -0.15) is 13.2 Å². The zero-order chi connectivity index (χ0) is 17.6. The van der Waals surface area contributed by atoms with Crippen molar-refractivity contribution in [2.75, 3.05) is 39.3 Å². The van der Waals surface area contributed by atoms with Crippen LogP contribution in [-0.2, 0) is 4.79 Å². The average Bonchev–Trinajstić information content (AvgIpc) is 2.53. The third-order valence-electron chi connectivity index (χ3n) is 3.82. The van der Waals surface area contributed by atoms with Crippen molar-refractivity contribution in [3.8, 4) is 5.75 Å². The number of hydrogen-bond acceptors (Lipinski definition) is 4. The molecule has 5 nitrogen and oxygen atoms in total. The number of benzene rings is 1. The third kappa shape index (κ3) is 7.09. The highest BCUT2D eigenvalue weighted by atomic mass is 35.5. The molecule has 1 fully saturated rings. The number of carbonyl (C=O) groups excluding carboxylic acids is 1. The van der Waals surface area contributed by atoms with Crippen LogP contribution in [0.25, 0.3) is 0 Å². The predicted molar refractivity (Wildman–Crippen MR) is 91.2 cm³/mol. The first-order chi connectivity index (χ1) is 11.4. The van der Waals surface area contributed by atoms with Crippen molar-refractivity contribution in [3.63, 3.8) is 0 Å². The van der Waals surface area contributed by atoms with Crippen molar-refractivity contribution >= 4 is 18.3 Å². The molecule has 1 amide bonds. The van der Waals surface area contributed by atoms with Crippen LogP contribution in [0.5, 0.6) is 5.75 Å². The minimum atomic E-state index is -4.39. The first-order valence-electron chi connectivity index (χ1n) is 7.84. The molecule has 2 rings (SSSR count). The number of aryl methyl sites for hydroxylation is 1. The Morgan fingerprint density at radius 2 is 2.04 bits per heavy atom. The Kier molecular flexibility index (Phi) is 8.47. The van der Waals surface area contributed by atoms with Crippen LogP contribution in [0, 0.1) is 6.92 Å². The van der Waals surface area contributed by atoms with Crippen LogP contribution in [0.2, 0.25) is 0 Å². The number of nitrogens with zero attached hydrogens (tertiary/aromatic N) is 1. The lowest BCUT2D eigenvalue weighted by molar-refractivity contribution is -0.184. The van der Waals surface area contributed by atoms with Crippen molar-refractivity contribution in [1.82, 2.24) is 15.5 Å². The van der Waals surface area contributed by atoms with Crippen LogP contribution in [0.4, 0.5) is 13.2 Å². The number of rotatable bonds is 6. The molecule has 0 aromatic heterocycles. The summed E-state index contributed by atoms with van der Waals surface area (Å²) in [6, 6.07) is 5.44. The molecule has 1 saturated heterocycles. The average molecular weight is 382 g/mol. The summed E-state index contributed by atoms with van der Waals surface area (Å²) in [6.07, 6.45) is -4.39. The van der Waals surface area contributed by atoms with E-state index in [1.807, 2.05) is 13.0 Å². The molecular weight excluding hydrogens is 359 g/mol. The number of halogens is 4. The molecule has 1 atom stereocenters. The van der Waals surface area contributed by atoms with Gasteiger partial charge in [0.2, 0.25) is 0 Å². The van der Waals surface area contributed by atoms with E-state index < -0.39 is 24.7 Å². The maximum Gasteiger partial charge on any atom is 0.405 e. The van der Waals surface area contributed by atoms with Gasteiger partial charge in [0.05, 0.1) is 0 Å². The van der Waals surface area contributed by atoms with Gasteiger partial charge in [-0.25, -0.2) is 0 Å². The second-order valence-corrected chi connectivity index (χ2v) is 5.75. The Labute approximate surface area is 151 Å². The molecule has 1 heterocycles. The predicted octanol–water partition coefficient (Wildman–Crippen LogP) is 1.75. The maximum atomic E-state index is 13.2. The number of alkyl halides is 3. The lowest BCUT2D eigenvalue weighted by atomic mass is 10.2. The van der Waals surface area contributed by atoms with E-state index >= 15 is 0 Å². The molecule has 0 bridgehead atoms. The van der Waals surface area contributed by atoms with Gasteiger partial charge in [0, 0.05) is 32.7 Å². The highest BCUT2D eigenvalue weighted by Gasteiger charge is 2.43. The van der Waals surface area contributed by atoms with Gasteiger partial charge in [0.1, 0.15) is 11.8 Å². The summed E-state index contributed by atoms with van der Waals surface area (Å²) in [5.41, 5.74) is 0.976. The lowest BCUT2D eigenvalue weighted by Gasteiger charge is -2.35. The van der Waals surface area contributed by atoms with Crippen LogP contribution in [0.3, 0.4) is 0 Å². The van der Waals surface area contributed by atoms with Gasteiger partial charge < -0.3 is 15.4 Å². The van der Waals surface area contributed by atoms with E-state index in [9.17, 15) is 18.0 Å². The summed E-state index contributed by atoms with van der Waals surface area (Å²) >= 11 is 0. The number of nitrogens with one attached hydrogen (secondary N) is 2. The Morgan fingerprint density at radius 3 is 2.64 bits per heavy atom. The topological polar surface area (TPSA) is 53.6 Å². The second-order valence-electron chi connectivity index (χ2n) is 5.75. The smallest absolute Gasteiger partial charge is 0.405 e. The molecule has 0 radical (unpaired) electrons. The Bertz CT molecular complexity index is 552. The van der Waals surface area contributed by atoms with Gasteiger partial charge in [0.25, 0.3) is 5.91 Å². The summed E-state index contributed by atoms with van der Waals surface area (Å²) in [4.78, 5) is 13.1. The van der Waals surface area contributed by atoms with Crippen molar-refractivity contribution in [3.05, 3.63) is 29.8 Å². The minimum Gasteiger partial charge on any atom is -0.484 e. The fourth-order valence-corrected chi connectivity index (χ4v) is 2.56. The zero-order valence-corrected chi connectivity index (χ0v) is 14.8. The first-order valence-corrected chi connectivity index (χ1v) is 7.84. The van der Waals surface area contributed by atoms with E-state index in [1.54, 1.807) is 18.2 Å². The monoisotopic (exact) mass is 381 g/mol. The summed E-state index contributed by atoms with van der Waals surface area (Å²) in [7, 11) is 0. The summed E-state index contributed by atoms with van der Waals surface area (Å²) < 4.78 is 44.9. The van der Waals surface area contributed by atoms with E-state index in [0.717, 1.165) is 5.56 Å². The summed E-state index contributed by atoms with van der Waals surface area (Å²) in [6.45, 7) is 2.73. The van der Waals surface area contributed by atoms with E-state index in [0.29, 0.717) is 31.9 Å². The quantitative estimate of drug-likeness (QED) is 0.788. The minimum absolute atomic E-state index is 0.